The normalized spacial score (nSPS) is 16.4. The summed E-state index contributed by atoms with van der Waals surface area (Å²) in [5, 5.41) is 0. The maximum atomic E-state index is 10.5. The Bertz CT molecular complexity index is 412. The smallest absolute Gasteiger partial charge is 0.137 e. The number of hydrogen-bond donors (Lipinski definition) is 1. The Morgan fingerprint density at radius 2 is 2.25 bits per heavy atom. The molecular weight excluding hydrogens is 202 g/mol. The van der Waals surface area contributed by atoms with Crippen LogP contribution in [0, 0.1) is 0 Å². The van der Waals surface area contributed by atoms with Gasteiger partial charge in [-0.05, 0) is 12.5 Å². The van der Waals surface area contributed by atoms with Gasteiger partial charge in [-0.1, -0.05) is 29.8 Å². The Hall–Kier alpha value is -1.61. The van der Waals surface area contributed by atoms with Crippen LogP contribution >= 0.6 is 0 Å². The SMILES string of the molecule is N[C@H](C=O)CC1=Cc2ccccc2OCC1. The zero-order valence-corrected chi connectivity index (χ0v) is 9.06. The summed E-state index contributed by atoms with van der Waals surface area (Å²) in [5.41, 5.74) is 7.86. The molecule has 0 fully saturated rings. The molecule has 1 aromatic carbocycles. The van der Waals surface area contributed by atoms with E-state index < -0.39 is 6.04 Å². The molecule has 3 nitrogen and oxygen atoms in total. The molecule has 0 saturated heterocycles. The van der Waals surface area contributed by atoms with Crippen molar-refractivity contribution in [1.29, 1.82) is 0 Å². The lowest BCUT2D eigenvalue weighted by atomic mass is 10.0. The van der Waals surface area contributed by atoms with Gasteiger partial charge in [0.25, 0.3) is 0 Å². The molecule has 16 heavy (non-hydrogen) atoms. The quantitative estimate of drug-likeness (QED) is 0.785. The van der Waals surface area contributed by atoms with Crippen LogP contribution in [0.2, 0.25) is 0 Å². The second-order valence-electron chi connectivity index (χ2n) is 3.94. The van der Waals surface area contributed by atoms with Gasteiger partial charge in [-0.15, -0.1) is 0 Å². The number of benzene rings is 1. The van der Waals surface area contributed by atoms with Gasteiger partial charge in [-0.2, -0.15) is 0 Å². The van der Waals surface area contributed by atoms with Crippen LogP contribution in [0.5, 0.6) is 5.75 Å². The van der Waals surface area contributed by atoms with Crippen molar-refractivity contribution in [3.05, 3.63) is 35.4 Å². The second kappa shape index (κ2) is 4.94. The van der Waals surface area contributed by atoms with Gasteiger partial charge in [0, 0.05) is 12.0 Å². The van der Waals surface area contributed by atoms with Crippen molar-refractivity contribution >= 4 is 12.4 Å². The molecular formula is C13H15NO2. The number of ether oxygens (including phenoxy) is 1. The molecule has 0 aliphatic carbocycles. The van der Waals surface area contributed by atoms with Gasteiger partial charge in [-0.3, -0.25) is 0 Å². The van der Waals surface area contributed by atoms with Gasteiger partial charge < -0.3 is 15.3 Å². The van der Waals surface area contributed by atoms with Gasteiger partial charge in [0.1, 0.15) is 12.0 Å². The minimum Gasteiger partial charge on any atom is -0.493 e. The van der Waals surface area contributed by atoms with E-state index in [2.05, 4.69) is 6.08 Å². The third-order valence-corrected chi connectivity index (χ3v) is 2.63. The first-order valence-corrected chi connectivity index (χ1v) is 5.42. The number of nitrogens with two attached hydrogens (primary N) is 1. The second-order valence-corrected chi connectivity index (χ2v) is 3.94. The van der Waals surface area contributed by atoms with E-state index in [-0.39, 0.29) is 0 Å². The predicted octanol–water partition coefficient (Wildman–Crippen LogP) is 1.77. The Labute approximate surface area is 94.9 Å². The summed E-state index contributed by atoms with van der Waals surface area (Å²) in [4.78, 5) is 10.5. The number of aldehydes is 1. The first-order chi connectivity index (χ1) is 7.79. The fourth-order valence-electron chi connectivity index (χ4n) is 1.83. The van der Waals surface area contributed by atoms with E-state index in [1.807, 2.05) is 24.3 Å². The molecule has 1 atom stereocenters. The van der Waals surface area contributed by atoms with E-state index >= 15 is 0 Å². The molecule has 1 aromatic rings. The molecule has 2 rings (SSSR count). The van der Waals surface area contributed by atoms with Gasteiger partial charge >= 0.3 is 0 Å². The molecule has 0 bridgehead atoms. The summed E-state index contributed by atoms with van der Waals surface area (Å²) < 4.78 is 5.61. The number of hydrogen-bond acceptors (Lipinski definition) is 3. The summed E-state index contributed by atoms with van der Waals surface area (Å²) in [6.07, 6.45) is 4.31. The summed E-state index contributed by atoms with van der Waals surface area (Å²) >= 11 is 0. The van der Waals surface area contributed by atoms with Crippen molar-refractivity contribution in [3.63, 3.8) is 0 Å². The Morgan fingerprint density at radius 1 is 1.44 bits per heavy atom. The maximum Gasteiger partial charge on any atom is 0.137 e. The third kappa shape index (κ3) is 2.49. The topological polar surface area (TPSA) is 52.3 Å². The van der Waals surface area contributed by atoms with Crippen molar-refractivity contribution in [2.45, 2.75) is 18.9 Å². The van der Waals surface area contributed by atoms with E-state index in [9.17, 15) is 4.79 Å². The Morgan fingerprint density at radius 3 is 3.06 bits per heavy atom. The Balaban J connectivity index is 2.22. The zero-order chi connectivity index (χ0) is 11.4. The summed E-state index contributed by atoms with van der Waals surface area (Å²) in [6, 6.07) is 7.48. The van der Waals surface area contributed by atoms with Crippen molar-refractivity contribution in [3.8, 4) is 5.75 Å². The van der Waals surface area contributed by atoms with Gasteiger partial charge in [-0.25, -0.2) is 0 Å². The van der Waals surface area contributed by atoms with Crippen LogP contribution in [0.1, 0.15) is 18.4 Å². The molecule has 1 aliphatic rings. The maximum absolute atomic E-state index is 10.5. The monoisotopic (exact) mass is 217 g/mol. The number of para-hydroxylation sites is 1. The summed E-state index contributed by atoms with van der Waals surface area (Å²) in [5.74, 6) is 0.900. The van der Waals surface area contributed by atoms with Crippen LogP contribution in [0.4, 0.5) is 0 Å². The highest BCUT2D eigenvalue weighted by molar-refractivity contribution is 5.63. The van der Waals surface area contributed by atoms with E-state index in [1.54, 1.807) is 0 Å². The number of carbonyl (C=O) groups is 1. The lowest BCUT2D eigenvalue weighted by Crippen LogP contribution is -2.22. The number of fused-ring (bicyclic) bond motifs is 1. The highest BCUT2D eigenvalue weighted by Crippen LogP contribution is 2.26. The Kier molecular flexibility index (Phi) is 3.37. The van der Waals surface area contributed by atoms with E-state index in [1.165, 1.54) is 5.57 Å². The van der Waals surface area contributed by atoms with Crippen LogP contribution < -0.4 is 10.5 Å². The van der Waals surface area contributed by atoms with Crippen LogP contribution in [0.25, 0.3) is 6.08 Å². The van der Waals surface area contributed by atoms with Crippen LogP contribution in [-0.4, -0.2) is 18.9 Å². The highest BCUT2D eigenvalue weighted by Gasteiger charge is 2.11. The third-order valence-electron chi connectivity index (χ3n) is 2.63. The molecule has 0 unspecified atom stereocenters. The molecule has 0 radical (unpaired) electrons. The summed E-state index contributed by atoms with van der Waals surface area (Å²) in [6.45, 7) is 0.647. The lowest BCUT2D eigenvalue weighted by Gasteiger charge is -2.06. The lowest BCUT2D eigenvalue weighted by molar-refractivity contribution is -0.108. The summed E-state index contributed by atoms with van der Waals surface area (Å²) in [7, 11) is 0. The van der Waals surface area contributed by atoms with Gasteiger partial charge in [0.15, 0.2) is 0 Å². The first kappa shape index (κ1) is 10.9. The largest absolute Gasteiger partial charge is 0.493 e. The van der Waals surface area contributed by atoms with E-state index in [0.717, 1.165) is 24.0 Å². The van der Waals surface area contributed by atoms with E-state index in [0.29, 0.717) is 13.0 Å². The molecule has 1 aliphatic heterocycles. The highest BCUT2D eigenvalue weighted by atomic mass is 16.5. The molecule has 2 N–H and O–H groups in total. The van der Waals surface area contributed by atoms with Crippen molar-refractivity contribution in [2.75, 3.05) is 6.61 Å². The van der Waals surface area contributed by atoms with Crippen molar-refractivity contribution < 1.29 is 9.53 Å². The molecule has 0 aromatic heterocycles. The predicted molar refractivity (Wildman–Crippen MR) is 63.2 cm³/mol. The van der Waals surface area contributed by atoms with E-state index in [4.69, 9.17) is 10.5 Å². The number of carbonyl (C=O) groups excluding carboxylic acids is 1. The minimum atomic E-state index is -0.406. The van der Waals surface area contributed by atoms with Crippen LogP contribution in [-0.2, 0) is 4.79 Å². The molecule has 84 valence electrons. The minimum absolute atomic E-state index is 0.406. The average Bonchev–Trinajstić information content (AvgIpc) is 2.50. The molecule has 3 heteroatoms. The molecule has 0 amide bonds. The van der Waals surface area contributed by atoms with Crippen LogP contribution in [0.15, 0.2) is 29.8 Å². The van der Waals surface area contributed by atoms with Gasteiger partial charge in [0.2, 0.25) is 0 Å². The van der Waals surface area contributed by atoms with Gasteiger partial charge in [0.05, 0.1) is 12.6 Å². The zero-order valence-electron chi connectivity index (χ0n) is 9.06. The van der Waals surface area contributed by atoms with Crippen molar-refractivity contribution in [2.24, 2.45) is 5.73 Å². The fraction of sp³-hybridized carbons (Fsp3) is 0.308. The molecule has 1 heterocycles. The fourth-order valence-corrected chi connectivity index (χ4v) is 1.83. The first-order valence-electron chi connectivity index (χ1n) is 5.42. The van der Waals surface area contributed by atoms with Crippen molar-refractivity contribution in [1.82, 2.24) is 0 Å². The van der Waals surface area contributed by atoms with Crippen LogP contribution in [0.3, 0.4) is 0 Å². The number of rotatable bonds is 3. The average molecular weight is 217 g/mol. The standard InChI is InChI=1S/C13H15NO2/c14-12(9-15)8-10-5-6-16-13-4-2-1-3-11(13)7-10/h1-4,7,9,12H,5-6,8,14H2/t12-/m0/s1. The molecule has 0 saturated carbocycles. The molecule has 0 spiro atoms.